The quantitative estimate of drug-likeness (QED) is 0.827. The van der Waals surface area contributed by atoms with Crippen LogP contribution in [0.1, 0.15) is 37.7 Å². The van der Waals surface area contributed by atoms with Gasteiger partial charge < -0.3 is 14.7 Å². The van der Waals surface area contributed by atoms with Crippen molar-refractivity contribution in [1.82, 2.24) is 9.80 Å². The molecule has 1 aromatic carbocycles. The predicted octanol–water partition coefficient (Wildman–Crippen LogP) is 3.14. The van der Waals surface area contributed by atoms with Gasteiger partial charge in [-0.2, -0.15) is 0 Å². The van der Waals surface area contributed by atoms with Crippen molar-refractivity contribution >= 4 is 0 Å². The van der Waals surface area contributed by atoms with Gasteiger partial charge in [-0.15, -0.1) is 0 Å². The number of methoxy groups -OCH3 is 1. The van der Waals surface area contributed by atoms with Gasteiger partial charge in [0, 0.05) is 32.2 Å². The van der Waals surface area contributed by atoms with Crippen LogP contribution in [0.25, 0.3) is 0 Å². The number of hydrogen-bond acceptors (Lipinski definition) is 4. The van der Waals surface area contributed by atoms with Crippen LogP contribution in [0.4, 0.5) is 4.39 Å². The van der Waals surface area contributed by atoms with Gasteiger partial charge in [0.1, 0.15) is 0 Å². The second kappa shape index (κ2) is 8.06. The van der Waals surface area contributed by atoms with E-state index >= 15 is 0 Å². The minimum Gasteiger partial charge on any atom is -0.494 e. The monoisotopic (exact) mass is 376 g/mol. The molecule has 2 heterocycles. The molecule has 27 heavy (non-hydrogen) atoms. The van der Waals surface area contributed by atoms with E-state index in [1.807, 2.05) is 6.07 Å². The fourth-order valence-electron chi connectivity index (χ4n) is 5.14. The molecular formula is C22H33FN2O2. The van der Waals surface area contributed by atoms with E-state index in [2.05, 4.69) is 9.80 Å². The molecule has 3 aliphatic rings. The van der Waals surface area contributed by atoms with Crippen LogP contribution in [0.15, 0.2) is 18.2 Å². The summed E-state index contributed by atoms with van der Waals surface area (Å²) >= 11 is 0. The van der Waals surface area contributed by atoms with Gasteiger partial charge in [0.25, 0.3) is 0 Å². The fourth-order valence-corrected chi connectivity index (χ4v) is 5.14. The van der Waals surface area contributed by atoms with E-state index in [1.54, 1.807) is 6.07 Å². The lowest BCUT2D eigenvalue weighted by Gasteiger charge is -2.51. The van der Waals surface area contributed by atoms with Crippen LogP contribution in [-0.2, 0) is 6.54 Å². The topological polar surface area (TPSA) is 35.9 Å². The number of hydrogen-bond donors (Lipinski definition) is 1. The number of aliphatic hydroxyl groups excluding tert-OH is 1. The molecule has 1 atom stereocenters. The van der Waals surface area contributed by atoms with E-state index in [0.717, 1.165) is 37.5 Å². The van der Waals surface area contributed by atoms with Crippen LogP contribution in [0.3, 0.4) is 0 Å². The van der Waals surface area contributed by atoms with E-state index in [9.17, 15) is 9.50 Å². The molecule has 0 radical (unpaired) electrons. The molecular weight excluding hydrogens is 343 g/mol. The van der Waals surface area contributed by atoms with Crippen molar-refractivity contribution in [2.45, 2.75) is 38.6 Å². The first-order valence-electron chi connectivity index (χ1n) is 10.5. The number of benzene rings is 1. The number of rotatable bonds is 6. The average molecular weight is 377 g/mol. The normalized spacial score (nSPS) is 26.4. The Bertz CT molecular complexity index is 641. The van der Waals surface area contributed by atoms with Crippen molar-refractivity contribution in [2.75, 3.05) is 46.4 Å². The summed E-state index contributed by atoms with van der Waals surface area (Å²) in [4.78, 5) is 5.06. The van der Waals surface area contributed by atoms with Crippen LogP contribution in [0.5, 0.6) is 5.75 Å². The summed E-state index contributed by atoms with van der Waals surface area (Å²) in [5.74, 6) is 1.30. The number of aliphatic hydroxyl groups is 1. The molecule has 1 spiro atoms. The van der Waals surface area contributed by atoms with Crippen LogP contribution in [0, 0.1) is 23.1 Å². The molecule has 4 rings (SSSR count). The zero-order chi connectivity index (χ0) is 18.9. The summed E-state index contributed by atoms with van der Waals surface area (Å²) in [5, 5.41) is 10.1. The van der Waals surface area contributed by atoms with Crippen molar-refractivity contribution < 1.29 is 14.2 Å². The molecule has 2 aliphatic heterocycles. The Kier molecular flexibility index (Phi) is 5.72. The highest BCUT2D eigenvalue weighted by atomic mass is 19.1. The summed E-state index contributed by atoms with van der Waals surface area (Å²) in [5.41, 5.74) is 1.38. The molecule has 0 bridgehead atoms. The third-order valence-corrected chi connectivity index (χ3v) is 7.18. The standard InChI is InChI=1S/C22H33FN2O2/c1-27-21-12-18(4-5-20(21)23)14-25-11-8-22(19(15-25)16-26)6-9-24(10-7-22)13-17-2-3-17/h4-5,12,17,19,26H,2-3,6-11,13-16H2,1H3/t19-/m1/s1. The Labute approximate surface area is 162 Å². The highest BCUT2D eigenvalue weighted by molar-refractivity contribution is 5.30. The minimum absolute atomic E-state index is 0.270. The number of ether oxygens (including phenoxy) is 1. The van der Waals surface area contributed by atoms with Crippen LogP contribution < -0.4 is 4.74 Å². The molecule has 5 heteroatoms. The fraction of sp³-hybridized carbons (Fsp3) is 0.727. The van der Waals surface area contributed by atoms with Crippen LogP contribution in [0.2, 0.25) is 0 Å². The molecule has 2 saturated heterocycles. The highest BCUT2D eigenvalue weighted by Gasteiger charge is 2.44. The molecule has 0 amide bonds. The Hall–Kier alpha value is -1.17. The van der Waals surface area contributed by atoms with Crippen molar-refractivity contribution in [3.63, 3.8) is 0 Å². The maximum absolute atomic E-state index is 13.6. The second-order valence-corrected chi connectivity index (χ2v) is 8.94. The lowest BCUT2D eigenvalue weighted by molar-refractivity contribution is -0.0442. The third kappa shape index (κ3) is 4.30. The lowest BCUT2D eigenvalue weighted by atomic mass is 9.64. The first-order chi connectivity index (χ1) is 13.1. The van der Waals surface area contributed by atoms with Crippen LogP contribution >= 0.6 is 0 Å². The predicted molar refractivity (Wildman–Crippen MR) is 104 cm³/mol. The van der Waals surface area contributed by atoms with E-state index < -0.39 is 0 Å². The number of nitrogens with zero attached hydrogens (tertiary/aromatic N) is 2. The molecule has 1 saturated carbocycles. The number of piperidine rings is 2. The summed E-state index contributed by atoms with van der Waals surface area (Å²) < 4.78 is 18.8. The summed E-state index contributed by atoms with van der Waals surface area (Å²) in [6, 6.07) is 5.12. The first kappa shape index (κ1) is 19.2. The first-order valence-corrected chi connectivity index (χ1v) is 10.5. The second-order valence-electron chi connectivity index (χ2n) is 8.94. The van der Waals surface area contributed by atoms with E-state index in [1.165, 1.54) is 58.5 Å². The molecule has 4 nitrogen and oxygen atoms in total. The summed E-state index contributed by atoms with van der Waals surface area (Å²) in [7, 11) is 1.50. The maximum Gasteiger partial charge on any atom is 0.165 e. The van der Waals surface area contributed by atoms with Gasteiger partial charge in [0.15, 0.2) is 11.6 Å². The number of halogens is 1. The molecule has 0 aromatic heterocycles. The average Bonchev–Trinajstić information content (AvgIpc) is 3.51. The van der Waals surface area contributed by atoms with Crippen molar-refractivity contribution in [3.05, 3.63) is 29.6 Å². The van der Waals surface area contributed by atoms with Gasteiger partial charge in [0.2, 0.25) is 0 Å². The largest absolute Gasteiger partial charge is 0.494 e. The molecule has 1 aliphatic carbocycles. The summed E-state index contributed by atoms with van der Waals surface area (Å²) in [6.07, 6.45) is 6.45. The van der Waals surface area contributed by atoms with Gasteiger partial charge in [-0.05, 0) is 80.8 Å². The van der Waals surface area contributed by atoms with E-state index in [0.29, 0.717) is 17.1 Å². The van der Waals surface area contributed by atoms with E-state index in [-0.39, 0.29) is 12.4 Å². The number of likely N-dealkylation sites (tertiary alicyclic amines) is 2. The third-order valence-electron chi connectivity index (χ3n) is 7.18. The molecule has 3 fully saturated rings. The van der Waals surface area contributed by atoms with Gasteiger partial charge in [-0.3, -0.25) is 4.90 Å². The SMILES string of the molecule is COc1cc(CN2CCC3(CCN(CC4CC4)CC3)[C@@H](CO)C2)ccc1F. The van der Waals surface area contributed by atoms with Gasteiger partial charge in [-0.25, -0.2) is 4.39 Å². The smallest absolute Gasteiger partial charge is 0.165 e. The molecule has 1 aromatic rings. The van der Waals surface area contributed by atoms with Gasteiger partial charge in [0.05, 0.1) is 7.11 Å². The molecule has 150 valence electrons. The minimum atomic E-state index is -0.315. The lowest BCUT2D eigenvalue weighted by Crippen LogP contribution is -2.53. The Morgan fingerprint density at radius 3 is 2.48 bits per heavy atom. The zero-order valence-electron chi connectivity index (χ0n) is 16.5. The Morgan fingerprint density at radius 1 is 1.15 bits per heavy atom. The Balaban J connectivity index is 1.35. The van der Waals surface area contributed by atoms with E-state index in [4.69, 9.17) is 4.74 Å². The molecule has 0 unspecified atom stereocenters. The van der Waals surface area contributed by atoms with Gasteiger partial charge >= 0.3 is 0 Å². The maximum atomic E-state index is 13.6. The highest BCUT2D eigenvalue weighted by Crippen LogP contribution is 2.46. The van der Waals surface area contributed by atoms with Crippen LogP contribution in [-0.4, -0.2) is 61.3 Å². The van der Waals surface area contributed by atoms with Gasteiger partial charge in [-0.1, -0.05) is 6.07 Å². The Morgan fingerprint density at radius 2 is 1.85 bits per heavy atom. The van der Waals surface area contributed by atoms with Crippen molar-refractivity contribution in [3.8, 4) is 5.75 Å². The van der Waals surface area contributed by atoms with Crippen molar-refractivity contribution in [1.29, 1.82) is 0 Å². The molecule has 1 N–H and O–H groups in total. The zero-order valence-corrected chi connectivity index (χ0v) is 16.5. The van der Waals surface area contributed by atoms with Crippen molar-refractivity contribution in [2.24, 2.45) is 17.3 Å². The summed E-state index contributed by atoms with van der Waals surface area (Å²) in [6.45, 7) is 6.73.